The lowest BCUT2D eigenvalue weighted by molar-refractivity contribution is 0.414. The Morgan fingerprint density at radius 3 is 2.62 bits per heavy atom. The topological polar surface area (TPSA) is 67.8 Å². The van der Waals surface area contributed by atoms with Crippen LogP contribution in [0, 0.1) is 13.8 Å². The van der Waals surface area contributed by atoms with Gasteiger partial charge in [0.1, 0.15) is 11.6 Å². The highest BCUT2D eigenvalue weighted by molar-refractivity contribution is 5.85. The van der Waals surface area contributed by atoms with E-state index >= 15 is 0 Å². The maximum atomic E-state index is 5.41. The van der Waals surface area contributed by atoms with Crippen molar-refractivity contribution in [3.05, 3.63) is 47.0 Å². The van der Waals surface area contributed by atoms with Crippen LogP contribution in [-0.2, 0) is 13.0 Å². The minimum Gasteiger partial charge on any atom is -0.497 e. The summed E-state index contributed by atoms with van der Waals surface area (Å²) in [6, 6.07) is 8.08. The van der Waals surface area contributed by atoms with Gasteiger partial charge in [-0.15, -0.1) is 24.8 Å². The number of nitrogens with one attached hydrogen (secondary N) is 2. The lowest BCUT2D eigenvalue weighted by Crippen LogP contribution is -2.23. The van der Waals surface area contributed by atoms with Gasteiger partial charge in [0, 0.05) is 36.8 Å². The van der Waals surface area contributed by atoms with Gasteiger partial charge in [0.25, 0.3) is 0 Å². The molecule has 1 aliphatic rings. The quantitative estimate of drug-likeness (QED) is 0.712. The molecule has 0 fully saturated rings. The Hall–Kier alpha value is -2.02. The standard InChI is InChI=1S/C18H21N5O.2ClH/c1-11-8-12(2)23(22-11)17-9-13(24-3)4-5-14(17)18-20-15-6-7-19-10-16(15)21-18;;/h4-5,8-9,19H,6-7,10H2,1-3H3,(H,20,21);2*1H. The number of H-pyrrole nitrogens is 1. The number of nitrogens with zero attached hydrogens (tertiary/aromatic N) is 3. The summed E-state index contributed by atoms with van der Waals surface area (Å²) in [5, 5.41) is 8.00. The van der Waals surface area contributed by atoms with Gasteiger partial charge in [-0.25, -0.2) is 9.67 Å². The molecule has 0 saturated carbocycles. The molecule has 0 saturated heterocycles. The van der Waals surface area contributed by atoms with E-state index in [0.717, 1.165) is 59.4 Å². The number of hydrogen-bond acceptors (Lipinski definition) is 4. The second kappa shape index (κ2) is 8.12. The Morgan fingerprint density at radius 2 is 1.96 bits per heavy atom. The van der Waals surface area contributed by atoms with Crippen LogP contribution in [0.15, 0.2) is 24.3 Å². The average Bonchev–Trinajstić information content (AvgIpc) is 3.16. The van der Waals surface area contributed by atoms with Crippen molar-refractivity contribution in [1.82, 2.24) is 25.1 Å². The Balaban J connectivity index is 0.00000121. The Kier molecular flexibility index (Phi) is 6.34. The molecule has 0 amide bonds. The summed E-state index contributed by atoms with van der Waals surface area (Å²) < 4.78 is 7.36. The van der Waals surface area contributed by atoms with Crippen molar-refractivity contribution < 1.29 is 4.74 Å². The lowest BCUT2D eigenvalue weighted by atomic mass is 10.1. The summed E-state index contributed by atoms with van der Waals surface area (Å²) in [6.07, 6.45) is 0.956. The number of aromatic amines is 1. The molecular weight excluding hydrogens is 373 g/mol. The van der Waals surface area contributed by atoms with E-state index in [1.54, 1.807) is 7.11 Å². The van der Waals surface area contributed by atoms with Crippen molar-refractivity contribution in [3.63, 3.8) is 0 Å². The van der Waals surface area contributed by atoms with Gasteiger partial charge in [-0.05, 0) is 32.0 Å². The van der Waals surface area contributed by atoms with Gasteiger partial charge in [-0.1, -0.05) is 0 Å². The SMILES string of the molecule is COc1ccc(-c2nc3c([nH]2)CNCC3)c(-n2nc(C)cc2C)c1.Cl.Cl. The predicted molar refractivity (Wildman–Crippen MR) is 107 cm³/mol. The maximum absolute atomic E-state index is 5.41. The van der Waals surface area contributed by atoms with Gasteiger partial charge in [-0.2, -0.15) is 5.10 Å². The van der Waals surface area contributed by atoms with Crippen molar-refractivity contribution in [2.45, 2.75) is 26.8 Å². The van der Waals surface area contributed by atoms with Crippen LogP contribution in [-0.4, -0.2) is 33.4 Å². The molecular formula is C18H23Cl2N5O. The first kappa shape index (κ1) is 20.3. The summed E-state index contributed by atoms with van der Waals surface area (Å²) in [6.45, 7) is 5.87. The number of halogens is 2. The number of ether oxygens (including phenoxy) is 1. The molecule has 1 aliphatic heterocycles. The van der Waals surface area contributed by atoms with Crippen LogP contribution >= 0.6 is 24.8 Å². The third-order valence-electron chi connectivity index (χ3n) is 4.40. The summed E-state index contributed by atoms with van der Waals surface area (Å²) in [5.74, 6) is 1.69. The van der Waals surface area contributed by atoms with E-state index in [9.17, 15) is 0 Å². The van der Waals surface area contributed by atoms with Crippen molar-refractivity contribution in [2.75, 3.05) is 13.7 Å². The highest BCUT2D eigenvalue weighted by Crippen LogP contribution is 2.30. The van der Waals surface area contributed by atoms with E-state index in [4.69, 9.17) is 9.72 Å². The minimum atomic E-state index is 0. The highest BCUT2D eigenvalue weighted by Gasteiger charge is 2.19. The first-order valence-electron chi connectivity index (χ1n) is 8.16. The normalized spacial score (nSPS) is 12.7. The third-order valence-corrected chi connectivity index (χ3v) is 4.40. The van der Waals surface area contributed by atoms with Crippen LogP contribution in [0.1, 0.15) is 22.8 Å². The third kappa shape index (κ3) is 3.58. The number of benzene rings is 1. The minimum absolute atomic E-state index is 0. The Labute approximate surface area is 165 Å². The van der Waals surface area contributed by atoms with E-state index < -0.39 is 0 Å². The number of rotatable bonds is 3. The van der Waals surface area contributed by atoms with Crippen LogP contribution in [0.2, 0.25) is 0 Å². The molecule has 0 radical (unpaired) electrons. The fraction of sp³-hybridized carbons (Fsp3) is 0.333. The zero-order valence-electron chi connectivity index (χ0n) is 15.0. The smallest absolute Gasteiger partial charge is 0.140 e. The largest absolute Gasteiger partial charge is 0.497 e. The van der Waals surface area contributed by atoms with E-state index in [1.807, 2.05) is 29.8 Å². The maximum Gasteiger partial charge on any atom is 0.140 e. The van der Waals surface area contributed by atoms with Gasteiger partial charge < -0.3 is 15.0 Å². The lowest BCUT2D eigenvalue weighted by Gasteiger charge is -2.11. The van der Waals surface area contributed by atoms with Crippen LogP contribution in [0.4, 0.5) is 0 Å². The summed E-state index contributed by atoms with van der Waals surface area (Å²) in [7, 11) is 1.68. The van der Waals surface area contributed by atoms with E-state index in [0.29, 0.717) is 0 Å². The van der Waals surface area contributed by atoms with Crippen LogP contribution in [0.25, 0.3) is 17.1 Å². The summed E-state index contributed by atoms with van der Waals surface area (Å²) >= 11 is 0. The van der Waals surface area contributed by atoms with Gasteiger partial charge >= 0.3 is 0 Å². The summed E-state index contributed by atoms with van der Waals surface area (Å²) in [4.78, 5) is 8.29. The molecule has 140 valence electrons. The number of fused-ring (bicyclic) bond motifs is 1. The molecule has 8 heteroatoms. The van der Waals surface area contributed by atoms with Gasteiger partial charge in [0.05, 0.1) is 29.9 Å². The number of imidazole rings is 1. The first-order chi connectivity index (χ1) is 11.7. The van der Waals surface area contributed by atoms with Gasteiger partial charge in [0.2, 0.25) is 0 Å². The predicted octanol–water partition coefficient (Wildman–Crippen LogP) is 3.38. The number of aromatic nitrogens is 4. The molecule has 1 aromatic carbocycles. The fourth-order valence-corrected chi connectivity index (χ4v) is 3.23. The molecule has 0 aliphatic carbocycles. The molecule has 4 rings (SSSR count). The fourth-order valence-electron chi connectivity index (χ4n) is 3.23. The molecule has 2 aromatic heterocycles. The van der Waals surface area contributed by atoms with Gasteiger partial charge in [-0.3, -0.25) is 0 Å². The molecule has 0 bridgehead atoms. The number of aryl methyl sites for hydroxylation is 2. The number of methoxy groups -OCH3 is 1. The van der Waals surface area contributed by atoms with E-state index in [2.05, 4.69) is 28.4 Å². The van der Waals surface area contributed by atoms with Crippen molar-refractivity contribution in [1.29, 1.82) is 0 Å². The molecule has 26 heavy (non-hydrogen) atoms. The molecule has 0 unspecified atom stereocenters. The first-order valence-corrected chi connectivity index (χ1v) is 8.16. The van der Waals surface area contributed by atoms with E-state index in [-0.39, 0.29) is 24.8 Å². The Morgan fingerprint density at radius 1 is 1.15 bits per heavy atom. The van der Waals surface area contributed by atoms with Crippen LogP contribution in [0.5, 0.6) is 5.75 Å². The molecule has 3 heterocycles. The van der Waals surface area contributed by atoms with Crippen molar-refractivity contribution in [3.8, 4) is 22.8 Å². The molecule has 0 spiro atoms. The van der Waals surface area contributed by atoms with Gasteiger partial charge in [0.15, 0.2) is 0 Å². The molecule has 2 N–H and O–H groups in total. The second-order valence-electron chi connectivity index (χ2n) is 6.16. The molecule has 0 atom stereocenters. The second-order valence-corrected chi connectivity index (χ2v) is 6.16. The number of hydrogen-bond donors (Lipinski definition) is 2. The molecule has 3 aromatic rings. The Bertz CT molecular complexity index is 880. The monoisotopic (exact) mass is 395 g/mol. The zero-order valence-corrected chi connectivity index (χ0v) is 16.6. The van der Waals surface area contributed by atoms with Crippen molar-refractivity contribution in [2.24, 2.45) is 0 Å². The average molecular weight is 396 g/mol. The van der Waals surface area contributed by atoms with Crippen LogP contribution in [0.3, 0.4) is 0 Å². The highest BCUT2D eigenvalue weighted by atomic mass is 35.5. The zero-order chi connectivity index (χ0) is 16.7. The van der Waals surface area contributed by atoms with Crippen molar-refractivity contribution >= 4 is 24.8 Å². The summed E-state index contributed by atoms with van der Waals surface area (Å²) in [5.41, 5.74) is 6.39. The van der Waals surface area contributed by atoms with E-state index in [1.165, 1.54) is 5.69 Å². The molecule has 6 nitrogen and oxygen atoms in total. The van der Waals surface area contributed by atoms with Crippen LogP contribution < -0.4 is 10.1 Å².